The van der Waals surface area contributed by atoms with Gasteiger partial charge in [0, 0.05) is 5.41 Å². The first-order valence-electron chi connectivity index (χ1n) is 15.7. The molecule has 0 amide bonds. The lowest BCUT2D eigenvalue weighted by atomic mass is 9.33. The number of carboxylic acids is 1. The second kappa shape index (κ2) is 9.18. The van der Waals surface area contributed by atoms with E-state index in [1.54, 1.807) is 0 Å². The van der Waals surface area contributed by atoms with Gasteiger partial charge in [-0.25, -0.2) is 0 Å². The molecule has 0 unspecified atom stereocenters. The van der Waals surface area contributed by atoms with Crippen molar-refractivity contribution in [1.82, 2.24) is 0 Å². The molecule has 5 rings (SSSR count). The molecule has 222 valence electrons. The van der Waals surface area contributed by atoms with Gasteiger partial charge in [0.05, 0.1) is 17.8 Å². The van der Waals surface area contributed by atoms with Crippen molar-refractivity contribution < 1.29 is 29.3 Å². The lowest BCUT2D eigenvalue weighted by Crippen LogP contribution is -2.66. The fourth-order valence-corrected chi connectivity index (χ4v) is 11.7. The standard InChI is InChI=1S/C33H54O6/c1-28(2)22-12-17-32(7)23(30(22,5)15-14-24(28)39-27(36)19-26(34)35)13-16-31(6)20(11-18-33(31,32)8)21-9-10-25(38-21)29(3,4)37/h20-25,37H,9-19H2,1-8H3,(H,34,35)/t20-,21-,22-,23+,24+,25+,30-,31-,32+,33+/m0/s1. The van der Waals surface area contributed by atoms with Gasteiger partial charge in [-0.3, -0.25) is 9.59 Å². The maximum atomic E-state index is 12.3. The van der Waals surface area contributed by atoms with Crippen LogP contribution in [0.25, 0.3) is 0 Å². The number of carbonyl (C=O) groups excluding carboxylic acids is 1. The monoisotopic (exact) mass is 546 g/mol. The van der Waals surface area contributed by atoms with Crippen LogP contribution in [0.3, 0.4) is 0 Å². The lowest BCUT2D eigenvalue weighted by molar-refractivity contribution is -0.246. The fraction of sp³-hybridized carbons (Fsp3) is 0.939. The van der Waals surface area contributed by atoms with Gasteiger partial charge in [0.1, 0.15) is 12.5 Å². The van der Waals surface area contributed by atoms with Crippen molar-refractivity contribution in [2.75, 3.05) is 0 Å². The third-order valence-corrected chi connectivity index (χ3v) is 14.1. The molecule has 0 spiro atoms. The fourth-order valence-electron chi connectivity index (χ4n) is 11.7. The zero-order valence-corrected chi connectivity index (χ0v) is 25.8. The molecule has 1 aliphatic heterocycles. The van der Waals surface area contributed by atoms with E-state index >= 15 is 0 Å². The summed E-state index contributed by atoms with van der Waals surface area (Å²) in [5.41, 5.74) is -0.123. The first kappa shape index (κ1) is 29.4. The summed E-state index contributed by atoms with van der Waals surface area (Å²) >= 11 is 0. The number of aliphatic hydroxyl groups is 1. The molecule has 5 fully saturated rings. The van der Waals surface area contributed by atoms with E-state index in [2.05, 4.69) is 41.5 Å². The molecular formula is C33H54O6. The van der Waals surface area contributed by atoms with Gasteiger partial charge in [0.15, 0.2) is 0 Å². The third-order valence-electron chi connectivity index (χ3n) is 14.1. The summed E-state index contributed by atoms with van der Waals surface area (Å²) in [5, 5.41) is 19.7. The topological polar surface area (TPSA) is 93.1 Å². The van der Waals surface area contributed by atoms with Crippen LogP contribution in [0.1, 0.15) is 126 Å². The quantitative estimate of drug-likeness (QED) is 0.292. The number of carboxylic acid groups (broad SMARTS) is 1. The van der Waals surface area contributed by atoms with Crippen LogP contribution in [0.5, 0.6) is 0 Å². The molecule has 1 heterocycles. The number of esters is 1. The molecule has 0 radical (unpaired) electrons. The van der Waals surface area contributed by atoms with Crippen molar-refractivity contribution >= 4 is 11.9 Å². The van der Waals surface area contributed by atoms with E-state index in [4.69, 9.17) is 14.6 Å². The minimum Gasteiger partial charge on any atom is -0.481 e. The van der Waals surface area contributed by atoms with E-state index in [1.165, 1.54) is 32.1 Å². The SMILES string of the molecule is CC(C)(O)[C@H]1CC[C@@H]([C@@H]2CC[C@]3(C)[C@@]2(C)CC[C@@H]2[C@@]4(C)CC[C@@H](OC(=O)CC(=O)O)C(C)(C)[C@@H]4CC[C@]23C)O1. The molecule has 2 N–H and O–H groups in total. The van der Waals surface area contributed by atoms with Crippen LogP contribution in [0.15, 0.2) is 0 Å². The van der Waals surface area contributed by atoms with E-state index in [9.17, 15) is 14.7 Å². The number of hydrogen-bond acceptors (Lipinski definition) is 5. The zero-order chi connectivity index (χ0) is 28.8. The maximum Gasteiger partial charge on any atom is 0.317 e. The van der Waals surface area contributed by atoms with Crippen LogP contribution in [-0.4, -0.2) is 46.1 Å². The van der Waals surface area contributed by atoms with Crippen LogP contribution in [0.4, 0.5) is 0 Å². The minimum absolute atomic E-state index is 0.0683. The number of fused-ring (bicyclic) bond motifs is 5. The lowest BCUT2D eigenvalue weighted by Gasteiger charge is -2.72. The molecule has 1 saturated heterocycles. The molecule has 0 aromatic carbocycles. The highest BCUT2D eigenvalue weighted by Gasteiger charge is 2.72. The third kappa shape index (κ3) is 4.15. The highest BCUT2D eigenvalue weighted by Crippen LogP contribution is 2.79. The highest BCUT2D eigenvalue weighted by atomic mass is 16.5. The number of carbonyl (C=O) groups is 2. The molecule has 0 aromatic rings. The van der Waals surface area contributed by atoms with Crippen LogP contribution >= 0.6 is 0 Å². The summed E-state index contributed by atoms with van der Waals surface area (Å²) in [6, 6.07) is 0. The molecule has 39 heavy (non-hydrogen) atoms. The highest BCUT2D eigenvalue weighted by molar-refractivity contribution is 5.90. The Balaban J connectivity index is 1.39. The Morgan fingerprint density at radius 2 is 1.49 bits per heavy atom. The zero-order valence-electron chi connectivity index (χ0n) is 25.8. The predicted octanol–water partition coefficient (Wildman–Crippen LogP) is 6.77. The average molecular weight is 547 g/mol. The van der Waals surface area contributed by atoms with Gasteiger partial charge in [-0.1, -0.05) is 41.5 Å². The van der Waals surface area contributed by atoms with Crippen molar-refractivity contribution in [3.63, 3.8) is 0 Å². The van der Waals surface area contributed by atoms with E-state index < -0.39 is 24.0 Å². The van der Waals surface area contributed by atoms with Gasteiger partial charge in [0.25, 0.3) is 0 Å². The Labute approximate surface area is 236 Å². The van der Waals surface area contributed by atoms with E-state index in [0.29, 0.717) is 17.8 Å². The van der Waals surface area contributed by atoms with E-state index in [0.717, 1.165) is 32.1 Å². The first-order valence-corrected chi connectivity index (χ1v) is 15.7. The van der Waals surface area contributed by atoms with Crippen LogP contribution in [0.2, 0.25) is 0 Å². The second-order valence-corrected chi connectivity index (χ2v) is 16.3. The number of hydrogen-bond donors (Lipinski definition) is 2. The minimum atomic E-state index is -1.13. The van der Waals surface area contributed by atoms with Gasteiger partial charge in [-0.05, 0) is 117 Å². The first-order chi connectivity index (χ1) is 17.9. The Morgan fingerprint density at radius 3 is 2.10 bits per heavy atom. The molecule has 6 heteroatoms. The average Bonchev–Trinajstić information content (AvgIpc) is 3.39. The van der Waals surface area contributed by atoms with Crippen molar-refractivity contribution in [3.8, 4) is 0 Å². The normalized spacial score (nSPS) is 49.1. The summed E-state index contributed by atoms with van der Waals surface area (Å²) in [7, 11) is 0. The molecule has 4 aliphatic carbocycles. The summed E-state index contributed by atoms with van der Waals surface area (Å²) in [6.07, 6.45) is 10.5. The summed E-state index contributed by atoms with van der Waals surface area (Å²) < 4.78 is 12.4. The van der Waals surface area contributed by atoms with Gasteiger partial charge in [-0.15, -0.1) is 0 Å². The van der Waals surface area contributed by atoms with Gasteiger partial charge in [0.2, 0.25) is 0 Å². The number of ether oxygens (including phenoxy) is 2. The van der Waals surface area contributed by atoms with Gasteiger partial charge >= 0.3 is 11.9 Å². The number of rotatable bonds is 5. The predicted molar refractivity (Wildman–Crippen MR) is 150 cm³/mol. The Morgan fingerprint density at radius 1 is 0.846 bits per heavy atom. The van der Waals surface area contributed by atoms with Crippen molar-refractivity contribution in [1.29, 1.82) is 0 Å². The Hall–Kier alpha value is -1.14. The molecule has 0 aromatic heterocycles. The molecular weight excluding hydrogens is 492 g/mol. The van der Waals surface area contributed by atoms with Crippen molar-refractivity contribution in [2.24, 2.45) is 44.8 Å². The molecule has 6 nitrogen and oxygen atoms in total. The summed E-state index contributed by atoms with van der Waals surface area (Å²) in [6.45, 7) is 18.6. The summed E-state index contributed by atoms with van der Waals surface area (Å²) in [4.78, 5) is 23.4. The molecule has 5 aliphatic rings. The Bertz CT molecular complexity index is 999. The van der Waals surface area contributed by atoms with Crippen molar-refractivity contribution in [3.05, 3.63) is 0 Å². The van der Waals surface area contributed by atoms with Crippen LogP contribution in [0, 0.1) is 44.8 Å². The number of aliphatic carboxylic acids is 1. The summed E-state index contributed by atoms with van der Waals surface area (Å²) in [5.74, 6) is -0.138. The van der Waals surface area contributed by atoms with Crippen LogP contribution < -0.4 is 0 Å². The Kier molecular flexibility index (Phi) is 6.91. The van der Waals surface area contributed by atoms with Gasteiger partial charge < -0.3 is 19.7 Å². The van der Waals surface area contributed by atoms with Gasteiger partial charge in [-0.2, -0.15) is 0 Å². The van der Waals surface area contributed by atoms with Crippen LogP contribution in [-0.2, 0) is 19.1 Å². The largest absolute Gasteiger partial charge is 0.481 e. The van der Waals surface area contributed by atoms with Crippen molar-refractivity contribution in [2.45, 2.75) is 150 Å². The second-order valence-electron chi connectivity index (χ2n) is 16.3. The smallest absolute Gasteiger partial charge is 0.317 e. The van der Waals surface area contributed by atoms with E-state index in [-0.39, 0.29) is 45.4 Å². The van der Waals surface area contributed by atoms with E-state index in [1.807, 2.05) is 13.8 Å². The molecule has 10 atom stereocenters. The maximum absolute atomic E-state index is 12.3. The molecule has 0 bridgehead atoms. The molecule has 4 saturated carbocycles.